The molecule has 0 radical (unpaired) electrons. The Morgan fingerprint density at radius 1 is 0.553 bits per heavy atom. The predicted molar refractivity (Wildman–Crippen MR) is 145 cm³/mol. The topological polar surface area (TPSA) is 80.3 Å². The summed E-state index contributed by atoms with van der Waals surface area (Å²) >= 11 is 0. The number of hydrogen-bond acceptors (Lipinski definition) is 4. The van der Waals surface area contributed by atoms with Crippen LogP contribution in [0.15, 0.2) is 0 Å². The summed E-state index contributed by atoms with van der Waals surface area (Å²) < 4.78 is 63.1. The first kappa shape index (κ1) is 45.3. The van der Waals surface area contributed by atoms with Gasteiger partial charge in [0.15, 0.2) is 0 Å². The van der Waals surface area contributed by atoms with Gasteiger partial charge >= 0.3 is 32.8 Å². The molecule has 0 fully saturated rings. The van der Waals surface area contributed by atoms with Crippen LogP contribution in [-0.2, 0) is 30.0 Å². The summed E-state index contributed by atoms with van der Waals surface area (Å²) in [7, 11) is -1.96. The van der Waals surface area contributed by atoms with Gasteiger partial charge in [0, 0.05) is 15.8 Å². The molecule has 38 heavy (non-hydrogen) atoms. The molecule has 0 aliphatic rings. The fourth-order valence-corrected chi connectivity index (χ4v) is 26.6. The number of rotatable bonds is 4. The van der Waals surface area contributed by atoms with E-state index in [2.05, 4.69) is 96.2 Å². The molecule has 0 saturated heterocycles. The molecule has 14 heteroatoms. The van der Waals surface area contributed by atoms with Crippen molar-refractivity contribution >= 4 is 35.9 Å². The van der Waals surface area contributed by atoms with Crippen LogP contribution in [0.4, 0.5) is 26.3 Å². The summed E-state index contributed by atoms with van der Waals surface area (Å²) in [5.41, 5.74) is 0. The number of carboxylic acid groups (broad SMARTS) is 2. The van der Waals surface area contributed by atoms with E-state index in [1.807, 2.05) is 0 Å². The second-order valence-electron chi connectivity index (χ2n) is 14.0. The maximum absolute atomic E-state index is 10.5. The number of carboxylic acids is 2. The van der Waals surface area contributed by atoms with Crippen LogP contribution in [-0.4, -0.2) is 64.6 Å². The first-order chi connectivity index (χ1) is 15.6. The molecule has 0 bridgehead atoms. The number of alkyl halides is 6. The Morgan fingerprint density at radius 3 is 0.763 bits per heavy atom. The summed E-state index contributed by atoms with van der Waals surface area (Å²) in [4.78, 5) is 17.6. The van der Waals surface area contributed by atoms with Crippen molar-refractivity contribution in [3.8, 4) is 0 Å². The second-order valence-corrected chi connectivity index (χ2v) is 29.1. The quantitative estimate of drug-likeness (QED) is 0.204. The Bertz CT molecular complexity index is 645. The maximum atomic E-state index is 10.5. The average Bonchev–Trinajstić information content (AvgIpc) is 2.53. The molecular formula is C24H48F6O4P2PdSi+2. The molecule has 0 heterocycles. The molecule has 0 aromatic heterocycles. The third kappa shape index (κ3) is 21.1. The molecule has 0 unspecified atom stereocenters. The van der Waals surface area contributed by atoms with E-state index in [-0.39, 0.29) is 36.3 Å². The molecule has 0 aliphatic carbocycles. The van der Waals surface area contributed by atoms with Crippen LogP contribution in [0.2, 0.25) is 13.1 Å². The Kier molecular flexibility index (Phi) is 18.4. The largest absolute Gasteiger partial charge is 2.00 e. The van der Waals surface area contributed by atoms with Crippen LogP contribution in [0.1, 0.15) is 83.1 Å². The van der Waals surface area contributed by atoms with Crippen LogP contribution in [0, 0.1) is 0 Å². The van der Waals surface area contributed by atoms with E-state index in [0.717, 1.165) is 0 Å². The van der Waals surface area contributed by atoms with Crippen molar-refractivity contribution in [2.45, 2.75) is 129 Å². The molecule has 0 spiro atoms. The Balaban J connectivity index is -0.000000315. The number of carbonyl (C=O) groups excluding carboxylic acids is 2. The first-order valence-electron chi connectivity index (χ1n) is 11.9. The van der Waals surface area contributed by atoms with Gasteiger partial charge in [-0.2, -0.15) is 26.3 Å². The van der Waals surface area contributed by atoms with Crippen LogP contribution in [0.25, 0.3) is 0 Å². The number of aliphatic carboxylic acids is 2. The van der Waals surface area contributed by atoms with Gasteiger partial charge in [0.2, 0.25) is 0 Å². The smallest absolute Gasteiger partial charge is 0.542 e. The first-order valence-corrected chi connectivity index (χ1v) is 18.7. The van der Waals surface area contributed by atoms with Gasteiger partial charge in [0.25, 0.3) is 0 Å². The fraction of sp³-hybridized carbons (Fsp3) is 0.917. The van der Waals surface area contributed by atoms with E-state index in [0.29, 0.717) is 20.6 Å². The maximum Gasteiger partial charge on any atom is 2.00 e. The number of hydrogen-bond donors (Lipinski definition) is 0. The normalized spacial score (nSPS) is 13.6. The van der Waals surface area contributed by atoms with Gasteiger partial charge in [-0.15, -0.1) is 0 Å². The molecular weight excluding hydrogens is 663 g/mol. The van der Waals surface area contributed by atoms with Gasteiger partial charge in [-0.3, -0.25) is 0 Å². The molecule has 0 aromatic rings. The summed E-state index contributed by atoms with van der Waals surface area (Å²) in [5, 5.41) is 19.6. The molecule has 0 amide bonds. The van der Waals surface area contributed by atoms with Crippen LogP contribution < -0.4 is 10.2 Å². The number of halogens is 6. The van der Waals surface area contributed by atoms with Gasteiger partial charge in [-0.05, 0) is 83.1 Å². The van der Waals surface area contributed by atoms with E-state index < -0.39 is 32.4 Å². The summed E-state index contributed by atoms with van der Waals surface area (Å²) in [6.07, 6.45) is -10.4. The predicted octanol–water partition coefficient (Wildman–Crippen LogP) is 5.99. The summed E-state index contributed by atoms with van der Waals surface area (Å²) in [5.74, 6) is -2.87. The van der Waals surface area contributed by atoms with Crippen molar-refractivity contribution in [2.75, 3.05) is 11.6 Å². The van der Waals surface area contributed by atoms with E-state index in [9.17, 15) is 26.3 Å². The van der Waals surface area contributed by atoms with Crippen molar-refractivity contribution in [3.05, 3.63) is 0 Å². The monoisotopic (exact) mass is 710 g/mol. The zero-order valence-electron chi connectivity index (χ0n) is 25.1. The molecule has 232 valence electrons. The summed E-state index contributed by atoms with van der Waals surface area (Å²) in [6, 6.07) is 0. The van der Waals surface area contributed by atoms with Gasteiger partial charge < -0.3 is 19.8 Å². The van der Waals surface area contributed by atoms with Crippen LogP contribution >= 0.6 is 15.8 Å². The zero-order valence-corrected chi connectivity index (χ0v) is 29.7. The third-order valence-corrected chi connectivity index (χ3v) is 23.1. The van der Waals surface area contributed by atoms with Gasteiger partial charge in [0.05, 0.1) is 32.2 Å². The van der Waals surface area contributed by atoms with E-state index in [1.54, 1.807) is 11.6 Å². The SMILES string of the molecule is CC(C)(C)[PH+](C[Si](C)(C)C[PH+](C(C)(C)C)C(C)(C)C)C(C)(C)C.O=C([O-])C(F)(F)F.O=C([O-])C(F)(F)F.[Pd+2]. The minimum Gasteiger partial charge on any atom is -0.542 e. The summed E-state index contributed by atoms with van der Waals surface area (Å²) in [6.45, 7) is 35.3. The van der Waals surface area contributed by atoms with Crippen LogP contribution in [0.5, 0.6) is 0 Å². The Morgan fingerprint density at radius 2 is 0.684 bits per heavy atom. The van der Waals surface area contributed by atoms with Crippen molar-refractivity contribution in [1.82, 2.24) is 0 Å². The van der Waals surface area contributed by atoms with Gasteiger partial charge in [-0.25, -0.2) is 0 Å². The Hall–Kier alpha value is 0.259. The molecule has 0 rings (SSSR count). The van der Waals surface area contributed by atoms with Crippen molar-refractivity contribution < 1.29 is 66.6 Å². The van der Waals surface area contributed by atoms with E-state index >= 15 is 0 Å². The standard InChI is InChI=1S/C20H46P2Si.2C2HF3O2.Pd/c1-17(2,3)21(18(4,5)6)15-23(13,14)16-22(19(7,8)9)20(10,11)12;2*3-2(4,5)1(6)7;/h15-16H2,1-14H3;2*(H,6,7);/q;;;+2. The Labute approximate surface area is 242 Å². The minimum absolute atomic E-state index is 0. The molecule has 0 aliphatic heterocycles. The van der Waals surface area contributed by atoms with Crippen molar-refractivity contribution in [2.24, 2.45) is 0 Å². The van der Waals surface area contributed by atoms with Gasteiger partial charge in [0.1, 0.15) is 20.0 Å². The molecule has 4 nitrogen and oxygen atoms in total. The molecule has 0 atom stereocenters. The van der Waals surface area contributed by atoms with E-state index in [1.165, 1.54) is 0 Å². The van der Waals surface area contributed by atoms with Gasteiger partial charge in [-0.1, -0.05) is 13.1 Å². The third-order valence-electron chi connectivity index (χ3n) is 5.39. The van der Waals surface area contributed by atoms with E-state index in [4.69, 9.17) is 19.8 Å². The van der Waals surface area contributed by atoms with Crippen LogP contribution in [0.3, 0.4) is 0 Å². The second kappa shape index (κ2) is 15.5. The van der Waals surface area contributed by atoms with Crippen molar-refractivity contribution in [1.29, 1.82) is 0 Å². The number of carbonyl (C=O) groups is 2. The molecule has 0 N–H and O–H groups in total. The fourth-order valence-electron chi connectivity index (χ4n) is 4.33. The minimum atomic E-state index is -5.19. The molecule has 0 aromatic carbocycles. The zero-order chi connectivity index (χ0) is 31.2. The van der Waals surface area contributed by atoms with Crippen molar-refractivity contribution in [3.63, 3.8) is 0 Å². The average molecular weight is 711 g/mol. The molecule has 0 saturated carbocycles.